The molecule has 0 aliphatic carbocycles. The van der Waals surface area contributed by atoms with E-state index in [-0.39, 0.29) is 49.6 Å². The standard InChI is InChI=1S/C14H25N3O5/c1-10(2)17(9-6-14(21)22)13(20)5-4-12(19)16-8-7-15-11(3)18/h10H,4-9H2,1-3H3,(H,15,18)(H,16,19)(H,21,22). The topological polar surface area (TPSA) is 116 Å². The van der Waals surface area contributed by atoms with Gasteiger partial charge in [0.15, 0.2) is 0 Å². The van der Waals surface area contributed by atoms with Crippen molar-refractivity contribution >= 4 is 23.7 Å². The van der Waals surface area contributed by atoms with Crippen molar-refractivity contribution in [3.05, 3.63) is 0 Å². The van der Waals surface area contributed by atoms with Gasteiger partial charge in [-0.25, -0.2) is 0 Å². The number of hydrogen-bond acceptors (Lipinski definition) is 4. The van der Waals surface area contributed by atoms with Crippen LogP contribution in [0.25, 0.3) is 0 Å². The summed E-state index contributed by atoms with van der Waals surface area (Å²) in [6.07, 6.45) is -0.0498. The Morgan fingerprint density at radius 1 is 1.00 bits per heavy atom. The molecule has 0 rings (SSSR count). The highest BCUT2D eigenvalue weighted by Crippen LogP contribution is 2.05. The van der Waals surface area contributed by atoms with E-state index in [4.69, 9.17) is 5.11 Å². The van der Waals surface area contributed by atoms with E-state index in [0.717, 1.165) is 0 Å². The smallest absolute Gasteiger partial charge is 0.305 e. The van der Waals surface area contributed by atoms with Crippen molar-refractivity contribution in [3.63, 3.8) is 0 Å². The molecule has 3 amide bonds. The lowest BCUT2D eigenvalue weighted by Gasteiger charge is -2.26. The average molecular weight is 315 g/mol. The van der Waals surface area contributed by atoms with Crippen molar-refractivity contribution in [3.8, 4) is 0 Å². The number of aliphatic carboxylic acids is 1. The number of nitrogens with one attached hydrogen (secondary N) is 2. The number of nitrogens with zero attached hydrogens (tertiary/aromatic N) is 1. The molecule has 0 atom stereocenters. The number of hydrogen-bond donors (Lipinski definition) is 3. The lowest BCUT2D eigenvalue weighted by atomic mass is 10.2. The van der Waals surface area contributed by atoms with Crippen molar-refractivity contribution in [2.45, 2.75) is 46.1 Å². The van der Waals surface area contributed by atoms with Crippen LogP contribution in [0.1, 0.15) is 40.0 Å². The number of carboxylic acid groups (broad SMARTS) is 1. The van der Waals surface area contributed by atoms with Crippen LogP contribution in [0.3, 0.4) is 0 Å². The minimum atomic E-state index is -0.964. The first-order chi connectivity index (χ1) is 10.2. The maximum Gasteiger partial charge on any atom is 0.305 e. The maximum absolute atomic E-state index is 12.0. The highest BCUT2D eigenvalue weighted by molar-refractivity contribution is 5.84. The van der Waals surface area contributed by atoms with Gasteiger partial charge in [-0.15, -0.1) is 0 Å². The molecule has 0 fully saturated rings. The van der Waals surface area contributed by atoms with Crippen LogP contribution in [0.4, 0.5) is 0 Å². The number of carbonyl (C=O) groups is 4. The van der Waals surface area contributed by atoms with Gasteiger partial charge < -0.3 is 20.6 Å². The summed E-state index contributed by atoms with van der Waals surface area (Å²) in [4.78, 5) is 46.2. The maximum atomic E-state index is 12.0. The first kappa shape index (κ1) is 19.9. The van der Waals surface area contributed by atoms with Crippen LogP contribution in [0.2, 0.25) is 0 Å². The highest BCUT2D eigenvalue weighted by atomic mass is 16.4. The lowest BCUT2D eigenvalue weighted by molar-refractivity contribution is -0.140. The summed E-state index contributed by atoms with van der Waals surface area (Å²) < 4.78 is 0. The van der Waals surface area contributed by atoms with Gasteiger partial charge in [-0.05, 0) is 13.8 Å². The minimum Gasteiger partial charge on any atom is -0.481 e. The molecule has 22 heavy (non-hydrogen) atoms. The van der Waals surface area contributed by atoms with Crippen LogP contribution in [0.15, 0.2) is 0 Å². The Labute approximate surface area is 130 Å². The molecular formula is C14H25N3O5. The first-order valence-corrected chi connectivity index (χ1v) is 7.26. The van der Waals surface area contributed by atoms with Crippen molar-refractivity contribution in [2.75, 3.05) is 19.6 Å². The van der Waals surface area contributed by atoms with Gasteiger partial charge in [0.2, 0.25) is 17.7 Å². The van der Waals surface area contributed by atoms with Crippen molar-refractivity contribution < 1.29 is 24.3 Å². The van der Waals surface area contributed by atoms with Gasteiger partial charge in [-0.3, -0.25) is 19.2 Å². The average Bonchev–Trinajstić information content (AvgIpc) is 2.40. The fourth-order valence-electron chi connectivity index (χ4n) is 1.78. The number of amides is 3. The first-order valence-electron chi connectivity index (χ1n) is 7.26. The molecule has 0 aromatic heterocycles. The molecule has 0 saturated heterocycles. The van der Waals surface area contributed by atoms with E-state index in [0.29, 0.717) is 13.1 Å². The van der Waals surface area contributed by atoms with E-state index in [1.165, 1.54) is 11.8 Å². The predicted molar refractivity (Wildman–Crippen MR) is 80.0 cm³/mol. The number of rotatable bonds is 10. The number of carbonyl (C=O) groups excluding carboxylic acids is 3. The van der Waals surface area contributed by atoms with Gasteiger partial charge in [0.1, 0.15) is 0 Å². The summed E-state index contributed by atoms with van der Waals surface area (Å²) in [6, 6.07) is -0.116. The normalized spacial score (nSPS) is 10.2. The summed E-state index contributed by atoms with van der Waals surface area (Å²) in [5, 5.41) is 13.8. The van der Waals surface area contributed by atoms with E-state index in [9.17, 15) is 19.2 Å². The molecule has 0 aliphatic rings. The summed E-state index contributed by atoms with van der Waals surface area (Å²) in [7, 11) is 0. The lowest BCUT2D eigenvalue weighted by Crippen LogP contribution is -2.39. The Morgan fingerprint density at radius 2 is 1.59 bits per heavy atom. The van der Waals surface area contributed by atoms with Gasteiger partial charge in [-0.1, -0.05) is 0 Å². The van der Waals surface area contributed by atoms with Gasteiger partial charge >= 0.3 is 5.97 Å². The second-order valence-electron chi connectivity index (χ2n) is 5.16. The van der Waals surface area contributed by atoms with Gasteiger partial charge in [0, 0.05) is 45.4 Å². The van der Waals surface area contributed by atoms with Crippen LogP contribution in [0.5, 0.6) is 0 Å². The molecule has 0 aromatic carbocycles. The van der Waals surface area contributed by atoms with E-state index in [1.807, 2.05) is 0 Å². The van der Waals surface area contributed by atoms with Crippen molar-refractivity contribution in [1.29, 1.82) is 0 Å². The van der Waals surface area contributed by atoms with E-state index < -0.39 is 5.97 Å². The molecule has 3 N–H and O–H groups in total. The van der Waals surface area contributed by atoms with Crippen molar-refractivity contribution in [1.82, 2.24) is 15.5 Å². The summed E-state index contributed by atoms with van der Waals surface area (Å²) >= 11 is 0. The molecule has 0 spiro atoms. The fourth-order valence-corrected chi connectivity index (χ4v) is 1.78. The van der Waals surface area contributed by atoms with Gasteiger partial charge in [-0.2, -0.15) is 0 Å². The molecule has 8 heteroatoms. The molecule has 0 unspecified atom stereocenters. The zero-order valence-electron chi connectivity index (χ0n) is 13.3. The Bertz CT molecular complexity index is 409. The minimum absolute atomic E-state index is 0.0315. The fraction of sp³-hybridized carbons (Fsp3) is 0.714. The van der Waals surface area contributed by atoms with Crippen LogP contribution in [0, 0.1) is 0 Å². The zero-order valence-corrected chi connectivity index (χ0v) is 13.3. The SMILES string of the molecule is CC(=O)NCCNC(=O)CCC(=O)N(CCC(=O)O)C(C)C. The van der Waals surface area contributed by atoms with Crippen LogP contribution >= 0.6 is 0 Å². The predicted octanol–water partition coefficient (Wildman–Crippen LogP) is -0.269. The molecule has 0 radical (unpaired) electrons. The molecule has 0 saturated carbocycles. The molecule has 0 aromatic rings. The monoisotopic (exact) mass is 315 g/mol. The largest absolute Gasteiger partial charge is 0.481 e. The Hall–Kier alpha value is -2.12. The quantitative estimate of drug-likeness (QED) is 0.480. The highest BCUT2D eigenvalue weighted by Gasteiger charge is 2.18. The second-order valence-corrected chi connectivity index (χ2v) is 5.16. The molecule has 0 heterocycles. The van der Waals surface area contributed by atoms with Crippen LogP contribution in [-0.2, 0) is 19.2 Å². The van der Waals surface area contributed by atoms with Crippen LogP contribution in [-0.4, -0.2) is 59.4 Å². The zero-order chi connectivity index (χ0) is 17.1. The third-order valence-electron chi connectivity index (χ3n) is 2.90. The summed E-state index contributed by atoms with van der Waals surface area (Å²) in [5.74, 6) is -1.65. The summed E-state index contributed by atoms with van der Waals surface area (Å²) in [6.45, 7) is 5.76. The third-order valence-corrected chi connectivity index (χ3v) is 2.90. The van der Waals surface area contributed by atoms with Gasteiger partial charge in [0.25, 0.3) is 0 Å². The second kappa shape index (κ2) is 10.6. The Kier molecular flexibility index (Phi) is 9.56. The van der Waals surface area contributed by atoms with E-state index in [1.54, 1.807) is 13.8 Å². The Balaban J connectivity index is 4.08. The van der Waals surface area contributed by atoms with E-state index in [2.05, 4.69) is 10.6 Å². The molecule has 0 bridgehead atoms. The molecule has 126 valence electrons. The van der Waals surface area contributed by atoms with Crippen LogP contribution < -0.4 is 10.6 Å². The Morgan fingerprint density at radius 3 is 2.09 bits per heavy atom. The molecular weight excluding hydrogens is 290 g/mol. The van der Waals surface area contributed by atoms with Gasteiger partial charge in [0.05, 0.1) is 6.42 Å². The number of carboxylic acids is 1. The molecule has 0 aliphatic heterocycles. The van der Waals surface area contributed by atoms with Crippen molar-refractivity contribution in [2.24, 2.45) is 0 Å². The van der Waals surface area contributed by atoms with E-state index >= 15 is 0 Å². The third kappa shape index (κ3) is 9.73. The molecule has 8 nitrogen and oxygen atoms in total. The summed E-state index contributed by atoms with van der Waals surface area (Å²) in [5.41, 5.74) is 0.